The average Bonchev–Trinajstić information content (AvgIpc) is 2.82. The third kappa shape index (κ3) is 2.87. The number of Topliss-reactive ketones (excluding diaryl/α,β-unsaturated/α-hetero) is 1. The van der Waals surface area contributed by atoms with Gasteiger partial charge in [0.25, 0.3) is 0 Å². The number of carbonyl (C=O) groups excluding carboxylic acids is 1. The lowest BCUT2D eigenvalue weighted by Crippen LogP contribution is -2.00. The molecule has 0 aliphatic rings. The number of hydrogen-bond donors (Lipinski definition) is 0. The molecule has 2 rings (SSSR count). The van der Waals surface area contributed by atoms with Crippen molar-refractivity contribution in [3.63, 3.8) is 0 Å². The van der Waals surface area contributed by atoms with Crippen LogP contribution in [0.4, 0.5) is 4.39 Å². The molecule has 0 spiro atoms. The number of aromatic nitrogens is 2. The van der Waals surface area contributed by atoms with E-state index in [1.807, 2.05) is 13.8 Å². The standard InChI is InChI=1S/C15H17FN2O2/c1-9(2)18-8-12(7-17-18)20-15-5-10(3)14(16)6-13(15)11(4)19/h5-9H,1-4H3. The van der Waals surface area contributed by atoms with Crippen LogP contribution >= 0.6 is 0 Å². The fourth-order valence-electron chi connectivity index (χ4n) is 1.80. The Morgan fingerprint density at radius 1 is 1.40 bits per heavy atom. The smallest absolute Gasteiger partial charge is 0.165 e. The van der Waals surface area contributed by atoms with Crippen molar-refractivity contribution >= 4 is 5.78 Å². The minimum Gasteiger partial charge on any atom is -0.453 e. The van der Waals surface area contributed by atoms with Gasteiger partial charge in [-0.15, -0.1) is 0 Å². The van der Waals surface area contributed by atoms with Crippen molar-refractivity contribution < 1.29 is 13.9 Å². The van der Waals surface area contributed by atoms with Crippen molar-refractivity contribution in [2.75, 3.05) is 0 Å². The lowest BCUT2D eigenvalue weighted by molar-refractivity contribution is 0.101. The number of hydrogen-bond acceptors (Lipinski definition) is 3. The first kappa shape index (κ1) is 14.2. The van der Waals surface area contributed by atoms with Crippen molar-refractivity contribution in [1.82, 2.24) is 9.78 Å². The highest BCUT2D eigenvalue weighted by Crippen LogP contribution is 2.28. The Balaban J connectivity index is 2.36. The van der Waals surface area contributed by atoms with E-state index in [2.05, 4.69) is 5.10 Å². The molecular weight excluding hydrogens is 259 g/mol. The maximum absolute atomic E-state index is 13.5. The van der Waals surface area contributed by atoms with Crippen molar-refractivity contribution in [2.24, 2.45) is 0 Å². The molecule has 0 fully saturated rings. The molecule has 1 aromatic heterocycles. The summed E-state index contributed by atoms with van der Waals surface area (Å²) in [7, 11) is 0. The number of nitrogens with zero attached hydrogens (tertiary/aromatic N) is 2. The van der Waals surface area contributed by atoms with Crippen LogP contribution in [-0.2, 0) is 0 Å². The largest absolute Gasteiger partial charge is 0.453 e. The van der Waals surface area contributed by atoms with Gasteiger partial charge in [-0.25, -0.2) is 4.39 Å². The molecule has 0 N–H and O–H groups in total. The van der Waals surface area contributed by atoms with Crippen LogP contribution in [0.2, 0.25) is 0 Å². The molecule has 0 aliphatic carbocycles. The first-order valence-corrected chi connectivity index (χ1v) is 6.41. The van der Waals surface area contributed by atoms with Crippen LogP contribution in [0.1, 0.15) is 42.7 Å². The van der Waals surface area contributed by atoms with Crippen molar-refractivity contribution in [3.05, 3.63) is 41.5 Å². The van der Waals surface area contributed by atoms with Gasteiger partial charge in [0, 0.05) is 6.04 Å². The maximum atomic E-state index is 13.5. The summed E-state index contributed by atoms with van der Waals surface area (Å²) in [4.78, 5) is 11.6. The Morgan fingerprint density at radius 2 is 2.10 bits per heavy atom. The van der Waals surface area contributed by atoms with E-state index in [0.29, 0.717) is 17.1 Å². The van der Waals surface area contributed by atoms with E-state index >= 15 is 0 Å². The molecule has 1 heterocycles. The van der Waals surface area contributed by atoms with Gasteiger partial charge in [-0.3, -0.25) is 9.48 Å². The molecule has 4 nitrogen and oxygen atoms in total. The summed E-state index contributed by atoms with van der Waals surface area (Å²) < 4.78 is 21.0. The van der Waals surface area contributed by atoms with Crippen LogP contribution < -0.4 is 4.74 Å². The predicted octanol–water partition coefficient (Wildman–Crippen LogP) is 3.91. The summed E-state index contributed by atoms with van der Waals surface area (Å²) in [6.07, 6.45) is 3.32. The first-order chi connectivity index (χ1) is 9.38. The molecule has 0 radical (unpaired) electrons. The third-order valence-electron chi connectivity index (χ3n) is 2.97. The van der Waals surface area contributed by atoms with Gasteiger partial charge in [0.05, 0.1) is 18.0 Å². The summed E-state index contributed by atoms with van der Waals surface area (Å²) in [5.41, 5.74) is 0.659. The van der Waals surface area contributed by atoms with Crippen LogP contribution in [0.25, 0.3) is 0 Å². The quantitative estimate of drug-likeness (QED) is 0.795. The number of benzene rings is 1. The van der Waals surface area contributed by atoms with Gasteiger partial charge in [0.1, 0.15) is 11.6 Å². The van der Waals surface area contributed by atoms with Crippen LogP contribution in [0.15, 0.2) is 24.5 Å². The number of halogens is 1. The molecule has 2 aromatic rings. The van der Waals surface area contributed by atoms with E-state index < -0.39 is 5.82 Å². The molecule has 106 valence electrons. The molecule has 20 heavy (non-hydrogen) atoms. The van der Waals surface area contributed by atoms with E-state index in [9.17, 15) is 9.18 Å². The Bertz CT molecular complexity index is 647. The molecule has 0 amide bonds. The minimum absolute atomic E-state index is 0.217. The molecule has 1 aromatic carbocycles. The zero-order valence-corrected chi connectivity index (χ0v) is 12.0. The van der Waals surface area contributed by atoms with Gasteiger partial charge in [0.15, 0.2) is 11.5 Å². The molecule has 0 atom stereocenters. The number of aryl methyl sites for hydroxylation is 1. The number of rotatable bonds is 4. The van der Waals surface area contributed by atoms with E-state index in [1.165, 1.54) is 19.1 Å². The SMILES string of the molecule is CC(=O)c1cc(F)c(C)cc1Oc1cnn(C(C)C)c1. The van der Waals surface area contributed by atoms with Gasteiger partial charge >= 0.3 is 0 Å². The minimum atomic E-state index is -0.416. The predicted molar refractivity (Wildman–Crippen MR) is 73.8 cm³/mol. The van der Waals surface area contributed by atoms with Crippen LogP contribution in [0.3, 0.4) is 0 Å². The second-order valence-electron chi connectivity index (χ2n) is 5.01. The molecule has 0 saturated carbocycles. The van der Waals surface area contributed by atoms with Gasteiger partial charge in [-0.1, -0.05) is 0 Å². The number of ketones is 1. The van der Waals surface area contributed by atoms with Gasteiger partial charge in [-0.05, 0) is 45.4 Å². The summed E-state index contributed by atoms with van der Waals surface area (Å²) in [6, 6.07) is 2.95. The Hall–Kier alpha value is -2.17. The zero-order valence-electron chi connectivity index (χ0n) is 12.0. The molecule has 0 unspecified atom stereocenters. The zero-order chi connectivity index (χ0) is 14.9. The Kier molecular flexibility index (Phi) is 3.88. The molecular formula is C15H17FN2O2. The van der Waals surface area contributed by atoms with E-state index in [-0.39, 0.29) is 17.4 Å². The average molecular weight is 276 g/mol. The first-order valence-electron chi connectivity index (χ1n) is 6.41. The fraction of sp³-hybridized carbons (Fsp3) is 0.333. The lowest BCUT2D eigenvalue weighted by atomic mass is 10.1. The van der Waals surface area contributed by atoms with Crippen molar-refractivity contribution in [3.8, 4) is 11.5 Å². The van der Waals surface area contributed by atoms with E-state index in [0.717, 1.165) is 0 Å². The maximum Gasteiger partial charge on any atom is 0.165 e. The number of carbonyl (C=O) groups is 1. The van der Waals surface area contributed by atoms with Crippen LogP contribution in [0.5, 0.6) is 11.5 Å². The monoisotopic (exact) mass is 276 g/mol. The normalized spacial score (nSPS) is 10.9. The van der Waals surface area contributed by atoms with Gasteiger partial charge in [0.2, 0.25) is 0 Å². The molecule has 0 bridgehead atoms. The topological polar surface area (TPSA) is 44.1 Å². The van der Waals surface area contributed by atoms with Crippen molar-refractivity contribution in [1.29, 1.82) is 0 Å². The highest BCUT2D eigenvalue weighted by atomic mass is 19.1. The highest BCUT2D eigenvalue weighted by Gasteiger charge is 2.14. The molecule has 0 aliphatic heterocycles. The second-order valence-corrected chi connectivity index (χ2v) is 5.01. The molecule has 0 saturated heterocycles. The second kappa shape index (κ2) is 5.45. The summed E-state index contributed by atoms with van der Waals surface area (Å²) in [6.45, 7) is 7.01. The lowest BCUT2D eigenvalue weighted by Gasteiger charge is -2.09. The van der Waals surface area contributed by atoms with Gasteiger partial charge < -0.3 is 4.74 Å². The number of ether oxygens (including phenoxy) is 1. The Morgan fingerprint density at radius 3 is 2.65 bits per heavy atom. The summed E-state index contributed by atoms with van der Waals surface area (Å²) >= 11 is 0. The molecule has 5 heteroatoms. The van der Waals surface area contributed by atoms with Crippen LogP contribution in [-0.4, -0.2) is 15.6 Å². The van der Waals surface area contributed by atoms with Crippen molar-refractivity contribution in [2.45, 2.75) is 33.7 Å². The summed E-state index contributed by atoms with van der Waals surface area (Å²) in [5.74, 6) is 0.211. The van der Waals surface area contributed by atoms with E-state index in [4.69, 9.17) is 4.74 Å². The van der Waals surface area contributed by atoms with Gasteiger partial charge in [-0.2, -0.15) is 5.10 Å². The van der Waals surface area contributed by atoms with Crippen LogP contribution in [0, 0.1) is 12.7 Å². The fourth-order valence-corrected chi connectivity index (χ4v) is 1.80. The summed E-state index contributed by atoms with van der Waals surface area (Å²) in [5, 5.41) is 4.16. The van der Waals surface area contributed by atoms with E-state index in [1.54, 1.807) is 24.0 Å². The Labute approximate surface area is 117 Å². The highest BCUT2D eigenvalue weighted by molar-refractivity contribution is 5.97. The third-order valence-corrected chi connectivity index (χ3v) is 2.97.